The number of nitrogens with one attached hydrogen (secondary N) is 1. The van der Waals surface area contributed by atoms with E-state index in [4.69, 9.17) is 14.2 Å². The highest BCUT2D eigenvalue weighted by Crippen LogP contribution is 2.36. The number of amides is 2. The van der Waals surface area contributed by atoms with Gasteiger partial charge >= 0.3 is 12.2 Å². The number of benzene rings is 1. The van der Waals surface area contributed by atoms with Crippen LogP contribution in [0.4, 0.5) is 9.59 Å². The van der Waals surface area contributed by atoms with Gasteiger partial charge in [-0.15, -0.1) is 0 Å². The molecule has 3 fully saturated rings. The van der Waals surface area contributed by atoms with E-state index in [1.54, 1.807) is 4.90 Å². The minimum atomic E-state index is -0.618. The Balaban J connectivity index is 1.41. The summed E-state index contributed by atoms with van der Waals surface area (Å²) in [5, 5.41) is 2.99. The number of piperidine rings is 1. The Hall–Kier alpha value is -2.28. The van der Waals surface area contributed by atoms with Crippen LogP contribution in [0.5, 0.6) is 0 Å². The second-order valence-electron chi connectivity index (χ2n) is 10.4. The smallest absolute Gasteiger partial charge is 0.410 e. The molecule has 3 aliphatic rings. The number of hydrogen-bond acceptors (Lipinski definition) is 5. The van der Waals surface area contributed by atoms with Gasteiger partial charge in [0.25, 0.3) is 0 Å². The van der Waals surface area contributed by atoms with Crippen LogP contribution >= 0.6 is 0 Å². The number of nitrogens with zero attached hydrogens (tertiary/aromatic N) is 1. The number of ether oxygens (including phenoxy) is 3. The fourth-order valence-corrected chi connectivity index (χ4v) is 5.27. The van der Waals surface area contributed by atoms with Gasteiger partial charge in [0.1, 0.15) is 17.7 Å². The molecule has 1 aromatic rings. The van der Waals surface area contributed by atoms with Gasteiger partial charge < -0.3 is 24.4 Å². The molecular formula is C25H36N2O5. The molecule has 2 heterocycles. The highest BCUT2D eigenvalue weighted by Gasteiger charge is 2.52. The number of alkyl carbamates (subject to hydrolysis) is 1. The fraction of sp³-hybridized carbons (Fsp3) is 0.680. The first kappa shape index (κ1) is 22.9. The molecule has 2 aliphatic heterocycles. The predicted octanol–water partition coefficient (Wildman–Crippen LogP) is 4.61. The summed E-state index contributed by atoms with van der Waals surface area (Å²) in [6.45, 7) is 6.79. The third-order valence-electron chi connectivity index (χ3n) is 6.91. The largest absolute Gasteiger partial charge is 0.447 e. The van der Waals surface area contributed by atoms with Crippen molar-refractivity contribution >= 4 is 12.2 Å². The van der Waals surface area contributed by atoms with Crippen LogP contribution in [0.25, 0.3) is 0 Å². The van der Waals surface area contributed by atoms with Gasteiger partial charge in [-0.25, -0.2) is 9.59 Å². The number of carbonyl (C=O) groups excluding carboxylic acids is 2. The van der Waals surface area contributed by atoms with Crippen molar-refractivity contribution in [2.45, 2.75) is 88.5 Å². The molecule has 1 spiro atoms. The SMILES string of the molecule is CC(C)(C)OC(=O)N1CCCC2(COC(=O)N2)C1CO[C@H]1CC[C@@H](c2ccccc2)CC1. The predicted molar refractivity (Wildman–Crippen MR) is 121 cm³/mol. The number of carbonyl (C=O) groups is 2. The van der Waals surface area contributed by atoms with Gasteiger partial charge in [-0.2, -0.15) is 0 Å². The van der Waals surface area contributed by atoms with E-state index in [9.17, 15) is 9.59 Å². The van der Waals surface area contributed by atoms with Crippen molar-refractivity contribution in [3.63, 3.8) is 0 Å². The van der Waals surface area contributed by atoms with Crippen molar-refractivity contribution in [3.8, 4) is 0 Å². The molecule has 1 saturated carbocycles. The lowest BCUT2D eigenvalue weighted by Gasteiger charge is -2.46. The lowest BCUT2D eigenvalue weighted by molar-refractivity contribution is -0.0582. The highest BCUT2D eigenvalue weighted by molar-refractivity contribution is 5.73. The van der Waals surface area contributed by atoms with E-state index in [1.165, 1.54) is 5.56 Å². The molecule has 1 N–H and O–H groups in total. The maximum absolute atomic E-state index is 13.0. The van der Waals surface area contributed by atoms with Crippen molar-refractivity contribution in [1.29, 1.82) is 0 Å². The summed E-state index contributed by atoms with van der Waals surface area (Å²) in [5.41, 5.74) is 0.199. The van der Waals surface area contributed by atoms with Crippen molar-refractivity contribution in [2.24, 2.45) is 0 Å². The van der Waals surface area contributed by atoms with E-state index >= 15 is 0 Å². The molecule has 1 aliphatic carbocycles. The van der Waals surface area contributed by atoms with Gasteiger partial charge in [-0.05, 0) is 70.8 Å². The summed E-state index contributed by atoms with van der Waals surface area (Å²) in [4.78, 5) is 26.7. The number of rotatable bonds is 4. The molecule has 2 amide bonds. The van der Waals surface area contributed by atoms with E-state index < -0.39 is 17.2 Å². The van der Waals surface area contributed by atoms with Crippen LogP contribution in [0.3, 0.4) is 0 Å². The minimum Gasteiger partial charge on any atom is -0.447 e. The number of hydrogen-bond donors (Lipinski definition) is 1. The Kier molecular flexibility index (Phi) is 6.65. The summed E-state index contributed by atoms with van der Waals surface area (Å²) < 4.78 is 17.3. The first-order valence-electron chi connectivity index (χ1n) is 11.9. The summed E-state index contributed by atoms with van der Waals surface area (Å²) in [6, 6.07) is 10.4. The van der Waals surface area contributed by atoms with Crippen LogP contribution < -0.4 is 5.32 Å². The van der Waals surface area contributed by atoms with E-state index in [2.05, 4.69) is 35.6 Å². The van der Waals surface area contributed by atoms with Crippen LogP contribution in [-0.2, 0) is 14.2 Å². The molecular weight excluding hydrogens is 408 g/mol. The molecule has 7 nitrogen and oxygen atoms in total. The van der Waals surface area contributed by atoms with Crippen molar-refractivity contribution in [2.75, 3.05) is 19.8 Å². The number of cyclic esters (lactones) is 1. The zero-order valence-electron chi connectivity index (χ0n) is 19.5. The molecule has 32 heavy (non-hydrogen) atoms. The lowest BCUT2D eigenvalue weighted by Crippen LogP contribution is -2.66. The molecule has 176 valence electrons. The summed E-state index contributed by atoms with van der Waals surface area (Å²) >= 11 is 0. The van der Waals surface area contributed by atoms with E-state index in [1.807, 2.05) is 20.8 Å². The van der Waals surface area contributed by atoms with Crippen LogP contribution in [0.2, 0.25) is 0 Å². The molecule has 0 bridgehead atoms. The molecule has 0 aromatic heterocycles. The van der Waals surface area contributed by atoms with Gasteiger partial charge in [0.2, 0.25) is 0 Å². The molecule has 2 unspecified atom stereocenters. The van der Waals surface area contributed by atoms with Gasteiger partial charge in [0, 0.05) is 6.54 Å². The van der Waals surface area contributed by atoms with Gasteiger partial charge in [-0.1, -0.05) is 30.3 Å². The third kappa shape index (κ3) is 5.20. The van der Waals surface area contributed by atoms with Crippen LogP contribution in [-0.4, -0.2) is 60.1 Å². The van der Waals surface area contributed by atoms with E-state index in [0.29, 0.717) is 19.1 Å². The van der Waals surface area contributed by atoms with E-state index in [0.717, 1.165) is 38.5 Å². The van der Waals surface area contributed by atoms with Gasteiger partial charge in [-0.3, -0.25) is 0 Å². The topological polar surface area (TPSA) is 77.1 Å². The Bertz CT molecular complexity index is 800. The monoisotopic (exact) mass is 444 g/mol. The Labute approximate surface area is 190 Å². The molecule has 0 radical (unpaired) electrons. The summed E-state index contributed by atoms with van der Waals surface area (Å²) in [5.74, 6) is 0.581. The third-order valence-corrected chi connectivity index (χ3v) is 6.91. The maximum Gasteiger partial charge on any atom is 0.410 e. The molecule has 2 atom stereocenters. The van der Waals surface area contributed by atoms with Gasteiger partial charge in [0.15, 0.2) is 0 Å². The minimum absolute atomic E-state index is 0.160. The standard InChI is InChI=1S/C25H36N2O5/c1-24(2,3)32-23(29)27-15-7-14-25(17-31-22(28)26-25)21(27)16-30-20-12-10-19(11-13-20)18-8-5-4-6-9-18/h4-6,8-9,19-21H,7,10-17H2,1-3H3,(H,26,28)/t19-,20+,21?,25?. The Morgan fingerprint density at radius 1 is 1.19 bits per heavy atom. The van der Waals surface area contributed by atoms with Crippen LogP contribution in [0.15, 0.2) is 30.3 Å². The number of likely N-dealkylation sites (tertiary alicyclic amines) is 1. The van der Waals surface area contributed by atoms with Crippen molar-refractivity contribution in [3.05, 3.63) is 35.9 Å². The molecule has 2 saturated heterocycles. The molecule has 1 aromatic carbocycles. The average Bonchev–Trinajstić information content (AvgIpc) is 3.13. The normalized spacial score (nSPS) is 30.7. The Morgan fingerprint density at radius 2 is 1.91 bits per heavy atom. The maximum atomic E-state index is 13.0. The van der Waals surface area contributed by atoms with Crippen LogP contribution in [0, 0.1) is 0 Å². The van der Waals surface area contributed by atoms with Crippen molar-refractivity contribution in [1.82, 2.24) is 10.2 Å². The first-order chi connectivity index (χ1) is 15.3. The highest BCUT2D eigenvalue weighted by atomic mass is 16.6. The first-order valence-corrected chi connectivity index (χ1v) is 11.9. The van der Waals surface area contributed by atoms with Crippen LogP contribution in [0.1, 0.15) is 70.8 Å². The van der Waals surface area contributed by atoms with Crippen molar-refractivity contribution < 1.29 is 23.8 Å². The molecule has 4 rings (SSSR count). The fourth-order valence-electron chi connectivity index (χ4n) is 5.27. The van der Waals surface area contributed by atoms with Gasteiger partial charge in [0.05, 0.1) is 18.8 Å². The summed E-state index contributed by atoms with van der Waals surface area (Å²) in [7, 11) is 0. The Morgan fingerprint density at radius 3 is 2.53 bits per heavy atom. The zero-order chi connectivity index (χ0) is 22.8. The second kappa shape index (κ2) is 9.30. The summed E-state index contributed by atoms with van der Waals surface area (Å²) in [6.07, 6.45) is 5.09. The second-order valence-corrected chi connectivity index (χ2v) is 10.4. The quantitative estimate of drug-likeness (QED) is 0.734. The average molecular weight is 445 g/mol. The van der Waals surface area contributed by atoms with E-state index in [-0.39, 0.29) is 24.8 Å². The zero-order valence-corrected chi connectivity index (χ0v) is 19.5. The molecule has 7 heteroatoms. The lowest BCUT2D eigenvalue weighted by atomic mass is 9.81.